The average Bonchev–Trinajstić information content (AvgIpc) is 3.05. The fraction of sp³-hybridized carbons (Fsp3) is 0.158. The minimum atomic E-state index is -0.0842. The van der Waals surface area contributed by atoms with Crippen LogP contribution in [-0.2, 0) is 4.79 Å². The zero-order valence-electron chi connectivity index (χ0n) is 14.3. The Bertz CT molecular complexity index is 932. The van der Waals surface area contributed by atoms with Crippen LogP contribution in [-0.4, -0.2) is 21.2 Å². The van der Waals surface area contributed by atoms with Gasteiger partial charge in [0.05, 0.1) is 11.4 Å². The number of anilines is 1. The van der Waals surface area contributed by atoms with Crippen LogP contribution in [0.15, 0.2) is 62.9 Å². The first kappa shape index (κ1) is 19.2. The van der Waals surface area contributed by atoms with E-state index < -0.39 is 0 Å². The van der Waals surface area contributed by atoms with Crippen molar-refractivity contribution in [3.63, 3.8) is 0 Å². The van der Waals surface area contributed by atoms with Crippen molar-refractivity contribution in [2.45, 2.75) is 19.0 Å². The second-order valence-electron chi connectivity index (χ2n) is 5.86. The molecule has 1 amide bonds. The number of aryl methyl sites for hydroxylation is 2. The van der Waals surface area contributed by atoms with Gasteiger partial charge in [0, 0.05) is 27.0 Å². The summed E-state index contributed by atoms with van der Waals surface area (Å²) in [6.45, 7) is 4.06. The van der Waals surface area contributed by atoms with Crippen molar-refractivity contribution in [2.75, 3.05) is 11.1 Å². The fourth-order valence-electron chi connectivity index (χ4n) is 2.50. The molecule has 3 rings (SSSR count). The second-order valence-corrected chi connectivity index (χ2v) is 8.51. The molecule has 0 atom stereocenters. The number of nitrogens with one attached hydrogen (secondary N) is 1. The van der Waals surface area contributed by atoms with Gasteiger partial charge in [0.2, 0.25) is 5.91 Å². The Labute approximate surface area is 173 Å². The first-order chi connectivity index (χ1) is 12.4. The zero-order valence-corrected chi connectivity index (χ0v) is 18.3. The summed E-state index contributed by atoms with van der Waals surface area (Å²) in [6.07, 6.45) is 3.65. The van der Waals surface area contributed by atoms with Crippen molar-refractivity contribution in [1.82, 2.24) is 9.55 Å². The summed E-state index contributed by atoms with van der Waals surface area (Å²) in [7, 11) is 0. The van der Waals surface area contributed by atoms with Gasteiger partial charge >= 0.3 is 0 Å². The number of imidazole rings is 1. The Morgan fingerprint density at radius 3 is 2.58 bits per heavy atom. The molecule has 0 aliphatic rings. The summed E-state index contributed by atoms with van der Waals surface area (Å²) in [5, 5.41) is 3.73. The fourth-order valence-corrected chi connectivity index (χ4v) is 4.88. The van der Waals surface area contributed by atoms with Crippen molar-refractivity contribution < 1.29 is 4.79 Å². The van der Waals surface area contributed by atoms with E-state index in [-0.39, 0.29) is 11.7 Å². The van der Waals surface area contributed by atoms with Gasteiger partial charge in [-0.2, -0.15) is 0 Å². The Balaban J connectivity index is 1.69. The van der Waals surface area contributed by atoms with E-state index in [1.54, 1.807) is 6.20 Å². The van der Waals surface area contributed by atoms with Crippen molar-refractivity contribution in [3.8, 4) is 5.69 Å². The number of rotatable bonds is 5. The number of aromatic nitrogens is 2. The van der Waals surface area contributed by atoms with Crippen LogP contribution in [0.5, 0.6) is 0 Å². The van der Waals surface area contributed by atoms with E-state index in [0.29, 0.717) is 0 Å². The van der Waals surface area contributed by atoms with Gasteiger partial charge < -0.3 is 5.32 Å². The molecule has 1 aromatic heterocycles. The predicted octanol–water partition coefficient (Wildman–Crippen LogP) is 5.74. The van der Waals surface area contributed by atoms with Crippen molar-refractivity contribution in [3.05, 3.63) is 68.9 Å². The highest BCUT2D eigenvalue weighted by molar-refractivity contribution is 9.11. The maximum Gasteiger partial charge on any atom is 0.234 e. The van der Waals surface area contributed by atoms with Gasteiger partial charge in [0.15, 0.2) is 5.16 Å². The van der Waals surface area contributed by atoms with E-state index in [4.69, 9.17) is 0 Å². The molecule has 0 saturated carbocycles. The molecule has 0 bridgehead atoms. The van der Waals surface area contributed by atoms with Crippen LogP contribution in [0, 0.1) is 13.8 Å². The molecule has 0 radical (unpaired) electrons. The van der Waals surface area contributed by atoms with E-state index in [2.05, 4.69) is 61.2 Å². The van der Waals surface area contributed by atoms with Gasteiger partial charge in [-0.3, -0.25) is 9.36 Å². The molecule has 1 heterocycles. The molecule has 26 heavy (non-hydrogen) atoms. The summed E-state index contributed by atoms with van der Waals surface area (Å²) in [4.78, 5) is 16.8. The van der Waals surface area contributed by atoms with E-state index in [0.717, 1.165) is 31.0 Å². The monoisotopic (exact) mass is 493 g/mol. The third-order valence-electron chi connectivity index (χ3n) is 3.67. The molecule has 4 nitrogen and oxygen atoms in total. The standard InChI is InChI=1S/C19H17Br2N3OS/c1-12-4-3-5-14(8-12)24-7-6-22-19(24)26-11-17(25)23-18-15(20)9-13(2)10-16(18)21/h3-10H,11H2,1-2H3,(H,23,25). The van der Waals surface area contributed by atoms with Gasteiger partial charge in [-0.25, -0.2) is 4.98 Å². The van der Waals surface area contributed by atoms with Gasteiger partial charge in [0.25, 0.3) is 0 Å². The van der Waals surface area contributed by atoms with Crippen LogP contribution in [0.3, 0.4) is 0 Å². The third-order valence-corrected chi connectivity index (χ3v) is 5.89. The van der Waals surface area contributed by atoms with Crippen LogP contribution in [0.4, 0.5) is 5.69 Å². The maximum atomic E-state index is 12.4. The number of benzene rings is 2. The topological polar surface area (TPSA) is 46.9 Å². The summed E-state index contributed by atoms with van der Waals surface area (Å²) >= 11 is 8.40. The number of hydrogen-bond donors (Lipinski definition) is 1. The Hall–Kier alpha value is -1.57. The Kier molecular flexibility index (Phi) is 6.21. The number of hydrogen-bond acceptors (Lipinski definition) is 3. The zero-order chi connectivity index (χ0) is 18.7. The molecule has 0 spiro atoms. The van der Waals surface area contributed by atoms with E-state index >= 15 is 0 Å². The molecule has 0 aliphatic heterocycles. The van der Waals surface area contributed by atoms with Crippen molar-refractivity contribution in [1.29, 1.82) is 0 Å². The summed E-state index contributed by atoms with van der Waals surface area (Å²) in [5.74, 6) is 0.189. The van der Waals surface area contributed by atoms with Gasteiger partial charge in [0.1, 0.15) is 0 Å². The largest absolute Gasteiger partial charge is 0.323 e. The lowest BCUT2D eigenvalue weighted by molar-refractivity contribution is -0.113. The summed E-state index contributed by atoms with van der Waals surface area (Å²) in [5.41, 5.74) is 4.06. The number of nitrogens with zero attached hydrogens (tertiary/aromatic N) is 2. The van der Waals surface area contributed by atoms with Crippen molar-refractivity contribution >= 4 is 55.2 Å². The number of carbonyl (C=O) groups excluding carboxylic acids is 1. The molecule has 0 aliphatic carbocycles. The van der Waals surface area contributed by atoms with Crippen molar-refractivity contribution in [2.24, 2.45) is 0 Å². The quantitative estimate of drug-likeness (QED) is 0.459. The van der Waals surface area contributed by atoms with Crippen LogP contribution >= 0.6 is 43.6 Å². The number of thioether (sulfide) groups is 1. The Morgan fingerprint density at radius 2 is 1.88 bits per heavy atom. The van der Waals surface area contributed by atoms with Crippen LogP contribution in [0.25, 0.3) is 5.69 Å². The maximum absolute atomic E-state index is 12.4. The summed E-state index contributed by atoms with van der Waals surface area (Å²) in [6, 6.07) is 12.1. The molecule has 2 aromatic carbocycles. The highest BCUT2D eigenvalue weighted by atomic mass is 79.9. The first-order valence-corrected chi connectivity index (χ1v) is 10.5. The second kappa shape index (κ2) is 8.41. The first-order valence-electron chi connectivity index (χ1n) is 7.93. The minimum Gasteiger partial charge on any atom is -0.323 e. The number of halogens is 2. The van der Waals surface area contributed by atoms with Gasteiger partial charge in [-0.15, -0.1) is 0 Å². The molecule has 7 heteroatoms. The average molecular weight is 495 g/mol. The molecule has 0 unspecified atom stereocenters. The molecule has 1 N–H and O–H groups in total. The summed E-state index contributed by atoms with van der Waals surface area (Å²) < 4.78 is 3.69. The number of carbonyl (C=O) groups is 1. The van der Waals surface area contributed by atoms with E-state index in [1.165, 1.54) is 17.3 Å². The molecule has 134 valence electrons. The lowest BCUT2D eigenvalue weighted by Crippen LogP contribution is -2.15. The SMILES string of the molecule is Cc1cccc(-n2ccnc2SCC(=O)Nc2c(Br)cc(C)cc2Br)c1. The molecule has 0 fully saturated rings. The van der Waals surface area contributed by atoms with Gasteiger partial charge in [-0.05, 0) is 81.1 Å². The van der Waals surface area contributed by atoms with Gasteiger partial charge in [-0.1, -0.05) is 23.9 Å². The third kappa shape index (κ3) is 4.58. The predicted molar refractivity (Wildman–Crippen MR) is 114 cm³/mol. The molecular weight excluding hydrogens is 478 g/mol. The lowest BCUT2D eigenvalue weighted by Gasteiger charge is -2.11. The lowest BCUT2D eigenvalue weighted by atomic mass is 10.2. The minimum absolute atomic E-state index is 0.0842. The van der Waals surface area contributed by atoms with E-state index in [1.807, 2.05) is 42.0 Å². The Morgan fingerprint density at radius 1 is 1.15 bits per heavy atom. The highest BCUT2D eigenvalue weighted by Gasteiger charge is 2.13. The number of amides is 1. The highest BCUT2D eigenvalue weighted by Crippen LogP contribution is 2.32. The van der Waals surface area contributed by atoms with E-state index in [9.17, 15) is 4.79 Å². The van der Waals surface area contributed by atoms with Crippen LogP contribution in [0.2, 0.25) is 0 Å². The van der Waals surface area contributed by atoms with Crippen LogP contribution in [0.1, 0.15) is 11.1 Å². The molecule has 3 aromatic rings. The smallest absolute Gasteiger partial charge is 0.234 e. The molecule has 0 saturated heterocycles. The molecular formula is C19H17Br2N3OS. The normalized spacial score (nSPS) is 10.8. The van der Waals surface area contributed by atoms with Crippen LogP contribution < -0.4 is 5.32 Å².